The number of aromatic nitrogens is 1. The van der Waals surface area contributed by atoms with Crippen molar-refractivity contribution in [1.29, 1.82) is 0 Å². The Bertz CT molecular complexity index is 1530. The summed E-state index contributed by atoms with van der Waals surface area (Å²) in [5, 5.41) is 9.22. The van der Waals surface area contributed by atoms with Gasteiger partial charge in [-0.15, -0.1) is 11.3 Å². The van der Waals surface area contributed by atoms with Crippen LogP contribution in [0.25, 0.3) is 31.6 Å². The van der Waals surface area contributed by atoms with E-state index in [1.807, 2.05) is 54.6 Å². The molecular formula is C26H18ClN3OS2. The molecule has 1 aromatic heterocycles. The number of nitrogens with zero attached hydrogens (tertiary/aromatic N) is 1. The lowest BCUT2D eigenvalue weighted by Crippen LogP contribution is -2.34. The van der Waals surface area contributed by atoms with Crippen LogP contribution < -0.4 is 10.6 Å². The van der Waals surface area contributed by atoms with Crippen molar-refractivity contribution in [3.8, 4) is 10.6 Å². The number of thiazole rings is 1. The lowest BCUT2D eigenvalue weighted by molar-refractivity contribution is 0.0979. The standard InChI is InChI=1S/C26H18ClN3OS2/c1-15-8-13-22-23(14-15)33-25(29-22)16-9-11-17(12-10-16)28-26(32)30-24(31)20-6-2-5-19-18(20)4-3-7-21(19)27/h2-14H,1H3,(H2,28,30,31,32). The van der Waals surface area contributed by atoms with E-state index < -0.39 is 0 Å². The molecule has 4 nitrogen and oxygen atoms in total. The minimum absolute atomic E-state index is 0.224. The van der Waals surface area contributed by atoms with Crippen LogP contribution in [0, 0.1) is 6.92 Å². The fourth-order valence-electron chi connectivity index (χ4n) is 3.65. The van der Waals surface area contributed by atoms with Crippen molar-refractivity contribution < 1.29 is 4.79 Å². The number of benzene rings is 4. The Kier molecular flexibility index (Phi) is 5.81. The van der Waals surface area contributed by atoms with Crippen LogP contribution in [0.2, 0.25) is 5.02 Å². The number of nitrogens with one attached hydrogen (secondary N) is 2. The normalized spacial score (nSPS) is 11.0. The van der Waals surface area contributed by atoms with E-state index >= 15 is 0 Å². The van der Waals surface area contributed by atoms with Gasteiger partial charge in [0.15, 0.2) is 5.11 Å². The van der Waals surface area contributed by atoms with Gasteiger partial charge in [-0.3, -0.25) is 10.1 Å². The topological polar surface area (TPSA) is 54.0 Å². The van der Waals surface area contributed by atoms with Gasteiger partial charge >= 0.3 is 0 Å². The van der Waals surface area contributed by atoms with E-state index in [1.54, 1.807) is 23.5 Å². The fourth-order valence-corrected chi connectivity index (χ4v) is 5.17. The number of carbonyl (C=O) groups excluding carboxylic acids is 1. The molecule has 4 aromatic carbocycles. The number of fused-ring (bicyclic) bond motifs is 2. The maximum absolute atomic E-state index is 12.8. The fraction of sp³-hybridized carbons (Fsp3) is 0.0385. The number of amides is 1. The molecule has 0 aliphatic rings. The summed E-state index contributed by atoms with van der Waals surface area (Å²) in [7, 11) is 0. The molecule has 0 atom stereocenters. The summed E-state index contributed by atoms with van der Waals surface area (Å²) in [5.74, 6) is -0.290. The number of halogens is 1. The Morgan fingerprint density at radius 1 is 0.970 bits per heavy atom. The zero-order valence-electron chi connectivity index (χ0n) is 17.6. The molecule has 0 aliphatic heterocycles. The summed E-state index contributed by atoms with van der Waals surface area (Å²) >= 11 is 13.3. The van der Waals surface area contributed by atoms with Gasteiger partial charge in [0.05, 0.1) is 10.2 Å². The number of hydrogen-bond donors (Lipinski definition) is 2. The molecule has 0 radical (unpaired) electrons. The molecule has 1 heterocycles. The van der Waals surface area contributed by atoms with Crippen LogP contribution in [0.5, 0.6) is 0 Å². The first-order valence-corrected chi connectivity index (χ1v) is 11.9. The summed E-state index contributed by atoms with van der Waals surface area (Å²) in [6.45, 7) is 2.08. The van der Waals surface area contributed by atoms with Gasteiger partial charge < -0.3 is 5.32 Å². The molecule has 0 spiro atoms. The maximum Gasteiger partial charge on any atom is 0.258 e. The minimum atomic E-state index is -0.290. The molecule has 7 heteroatoms. The molecule has 0 unspecified atom stereocenters. The number of aryl methyl sites for hydroxylation is 1. The third kappa shape index (κ3) is 4.46. The van der Waals surface area contributed by atoms with E-state index in [0.29, 0.717) is 10.6 Å². The van der Waals surface area contributed by atoms with E-state index in [-0.39, 0.29) is 11.0 Å². The van der Waals surface area contributed by atoms with Crippen LogP contribution in [-0.2, 0) is 0 Å². The summed E-state index contributed by atoms with van der Waals surface area (Å²) < 4.78 is 1.17. The summed E-state index contributed by atoms with van der Waals surface area (Å²) in [4.78, 5) is 17.6. The molecule has 162 valence electrons. The van der Waals surface area contributed by atoms with Gasteiger partial charge in [0.25, 0.3) is 5.91 Å². The molecular weight excluding hydrogens is 470 g/mol. The lowest BCUT2D eigenvalue weighted by atomic mass is 10.0. The first-order valence-electron chi connectivity index (χ1n) is 10.3. The Labute approximate surface area is 205 Å². The van der Waals surface area contributed by atoms with Crippen molar-refractivity contribution in [3.05, 3.63) is 95.0 Å². The number of carbonyl (C=O) groups is 1. The second-order valence-electron chi connectivity index (χ2n) is 7.62. The molecule has 0 fully saturated rings. The SMILES string of the molecule is Cc1ccc2nc(-c3ccc(NC(=S)NC(=O)c4cccc5c(Cl)cccc45)cc3)sc2c1. The summed E-state index contributed by atoms with van der Waals surface area (Å²) in [6.07, 6.45) is 0. The van der Waals surface area contributed by atoms with Crippen LogP contribution in [0.3, 0.4) is 0 Å². The first kappa shape index (κ1) is 21.5. The highest BCUT2D eigenvalue weighted by Crippen LogP contribution is 2.31. The van der Waals surface area contributed by atoms with Crippen LogP contribution in [0.15, 0.2) is 78.9 Å². The van der Waals surface area contributed by atoms with Gasteiger partial charge in [-0.2, -0.15) is 0 Å². The Balaban J connectivity index is 1.29. The summed E-state index contributed by atoms with van der Waals surface area (Å²) in [5.41, 5.74) is 4.55. The number of rotatable bonds is 3. The van der Waals surface area contributed by atoms with Gasteiger partial charge in [0, 0.05) is 27.2 Å². The third-order valence-electron chi connectivity index (χ3n) is 5.27. The van der Waals surface area contributed by atoms with Crippen LogP contribution >= 0.6 is 35.2 Å². The molecule has 0 bridgehead atoms. The molecule has 0 saturated heterocycles. The maximum atomic E-state index is 12.8. The second-order valence-corrected chi connectivity index (χ2v) is 9.46. The molecule has 5 rings (SSSR count). The first-order chi connectivity index (χ1) is 16.0. The van der Waals surface area contributed by atoms with E-state index in [1.165, 1.54) is 10.3 Å². The number of thiocarbonyl (C=S) groups is 1. The molecule has 1 amide bonds. The van der Waals surface area contributed by atoms with Crippen molar-refractivity contribution in [2.24, 2.45) is 0 Å². The lowest BCUT2D eigenvalue weighted by Gasteiger charge is -2.11. The van der Waals surface area contributed by atoms with Crippen LogP contribution in [-0.4, -0.2) is 16.0 Å². The van der Waals surface area contributed by atoms with Gasteiger partial charge in [-0.1, -0.05) is 41.9 Å². The van der Waals surface area contributed by atoms with Crippen molar-refractivity contribution in [3.63, 3.8) is 0 Å². The summed E-state index contributed by atoms with van der Waals surface area (Å²) in [6, 6.07) is 25.0. The van der Waals surface area contributed by atoms with Crippen molar-refractivity contribution >= 4 is 72.9 Å². The molecule has 0 aliphatic carbocycles. The average Bonchev–Trinajstić information content (AvgIpc) is 3.22. The predicted molar refractivity (Wildman–Crippen MR) is 142 cm³/mol. The number of hydrogen-bond acceptors (Lipinski definition) is 4. The quantitative estimate of drug-likeness (QED) is 0.264. The molecule has 33 heavy (non-hydrogen) atoms. The van der Waals surface area contributed by atoms with Gasteiger partial charge in [0.2, 0.25) is 0 Å². The van der Waals surface area contributed by atoms with Crippen molar-refractivity contribution in [2.75, 3.05) is 5.32 Å². The van der Waals surface area contributed by atoms with Crippen molar-refractivity contribution in [2.45, 2.75) is 6.92 Å². The second kappa shape index (κ2) is 8.90. The monoisotopic (exact) mass is 487 g/mol. The van der Waals surface area contributed by atoms with E-state index in [0.717, 1.165) is 32.5 Å². The van der Waals surface area contributed by atoms with E-state index in [9.17, 15) is 4.79 Å². The van der Waals surface area contributed by atoms with Crippen LogP contribution in [0.4, 0.5) is 5.69 Å². The van der Waals surface area contributed by atoms with E-state index in [2.05, 4.69) is 29.7 Å². The molecule has 2 N–H and O–H groups in total. The zero-order valence-corrected chi connectivity index (χ0v) is 19.9. The third-order valence-corrected chi connectivity index (χ3v) is 6.88. The molecule has 0 saturated carbocycles. The van der Waals surface area contributed by atoms with Gasteiger partial charge in [0.1, 0.15) is 5.01 Å². The smallest absolute Gasteiger partial charge is 0.258 e. The Morgan fingerprint density at radius 2 is 1.73 bits per heavy atom. The average molecular weight is 488 g/mol. The van der Waals surface area contributed by atoms with E-state index in [4.69, 9.17) is 28.8 Å². The predicted octanol–water partition coefficient (Wildman–Crippen LogP) is 7.21. The zero-order chi connectivity index (χ0) is 22.9. The Morgan fingerprint density at radius 3 is 2.55 bits per heavy atom. The van der Waals surface area contributed by atoms with Crippen molar-refractivity contribution in [1.82, 2.24) is 10.3 Å². The molecule has 5 aromatic rings. The number of anilines is 1. The van der Waals surface area contributed by atoms with Gasteiger partial charge in [-0.05, 0) is 78.6 Å². The van der Waals surface area contributed by atoms with Gasteiger partial charge in [-0.25, -0.2) is 4.98 Å². The minimum Gasteiger partial charge on any atom is -0.332 e. The highest BCUT2D eigenvalue weighted by atomic mass is 35.5. The highest BCUT2D eigenvalue weighted by molar-refractivity contribution is 7.80. The highest BCUT2D eigenvalue weighted by Gasteiger charge is 2.13. The largest absolute Gasteiger partial charge is 0.332 e. The Hall–Kier alpha value is -3.32. The van der Waals surface area contributed by atoms with Crippen LogP contribution in [0.1, 0.15) is 15.9 Å².